The van der Waals surface area contributed by atoms with E-state index in [-0.39, 0.29) is 0 Å². The predicted octanol–water partition coefficient (Wildman–Crippen LogP) is 3.62. The molecule has 4 bridgehead atoms. The van der Waals surface area contributed by atoms with Crippen molar-refractivity contribution in [2.75, 3.05) is 7.05 Å². The van der Waals surface area contributed by atoms with Crippen LogP contribution in [0, 0.1) is 23.7 Å². The first-order valence-electron chi connectivity index (χ1n) is 7.06. The van der Waals surface area contributed by atoms with Crippen LogP contribution >= 0.6 is 11.3 Å². The molecule has 0 unspecified atom stereocenters. The number of hydrogen-bond acceptors (Lipinski definition) is 2. The van der Waals surface area contributed by atoms with E-state index < -0.39 is 0 Å². The zero-order valence-electron chi connectivity index (χ0n) is 10.5. The summed E-state index contributed by atoms with van der Waals surface area (Å²) in [6, 6.07) is 4.59. The molecular formula is C15H21NS. The van der Waals surface area contributed by atoms with E-state index in [0.717, 1.165) is 23.7 Å². The average Bonchev–Trinajstić information content (AvgIpc) is 2.83. The summed E-state index contributed by atoms with van der Waals surface area (Å²) in [6.45, 7) is 0. The molecule has 4 aliphatic rings. The van der Waals surface area contributed by atoms with Crippen LogP contribution < -0.4 is 5.32 Å². The van der Waals surface area contributed by atoms with Crippen molar-refractivity contribution >= 4 is 11.3 Å². The Morgan fingerprint density at radius 2 is 1.76 bits per heavy atom. The monoisotopic (exact) mass is 247 g/mol. The van der Waals surface area contributed by atoms with Gasteiger partial charge in [-0.25, -0.2) is 0 Å². The van der Waals surface area contributed by atoms with Gasteiger partial charge in [-0.05, 0) is 74.3 Å². The van der Waals surface area contributed by atoms with E-state index in [1.54, 1.807) is 4.88 Å². The highest BCUT2D eigenvalue weighted by molar-refractivity contribution is 7.10. The van der Waals surface area contributed by atoms with Gasteiger partial charge < -0.3 is 5.32 Å². The zero-order valence-corrected chi connectivity index (χ0v) is 11.3. The Morgan fingerprint density at radius 3 is 2.24 bits per heavy atom. The summed E-state index contributed by atoms with van der Waals surface area (Å²) in [4.78, 5) is 1.61. The first-order chi connectivity index (χ1) is 8.33. The molecule has 5 rings (SSSR count). The Kier molecular flexibility index (Phi) is 2.23. The van der Waals surface area contributed by atoms with Gasteiger partial charge in [0.05, 0.1) is 5.54 Å². The first-order valence-corrected chi connectivity index (χ1v) is 7.93. The lowest BCUT2D eigenvalue weighted by Gasteiger charge is -2.61. The van der Waals surface area contributed by atoms with Gasteiger partial charge in [-0.1, -0.05) is 6.07 Å². The van der Waals surface area contributed by atoms with Crippen molar-refractivity contribution in [3.8, 4) is 0 Å². The maximum absolute atomic E-state index is 3.77. The van der Waals surface area contributed by atoms with E-state index in [1.807, 2.05) is 11.3 Å². The summed E-state index contributed by atoms with van der Waals surface area (Å²) in [5, 5.41) is 6.02. The van der Waals surface area contributed by atoms with Crippen molar-refractivity contribution in [3.05, 3.63) is 22.4 Å². The van der Waals surface area contributed by atoms with Gasteiger partial charge in [-0.15, -0.1) is 11.3 Å². The van der Waals surface area contributed by atoms with Gasteiger partial charge in [0.25, 0.3) is 0 Å². The minimum Gasteiger partial charge on any atom is -0.309 e. The molecule has 2 heteroatoms. The molecule has 0 saturated heterocycles. The highest BCUT2D eigenvalue weighted by atomic mass is 32.1. The highest BCUT2D eigenvalue weighted by Crippen LogP contribution is 2.62. The van der Waals surface area contributed by atoms with Crippen molar-refractivity contribution in [1.29, 1.82) is 0 Å². The van der Waals surface area contributed by atoms with Gasteiger partial charge in [-0.3, -0.25) is 0 Å². The molecule has 1 nitrogen and oxygen atoms in total. The molecule has 0 radical (unpaired) electrons. The second-order valence-corrected chi connectivity index (χ2v) is 7.35. The Labute approximate surface area is 108 Å². The summed E-state index contributed by atoms with van der Waals surface area (Å²) < 4.78 is 0. The maximum Gasteiger partial charge on any atom is 0.0583 e. The third-order valence-electron chi connectivity index (χ3n) is 5.77. The van der Waals surface area contributed by atoms with Crippen LogP contribution in [0.5, 0.6) is 0 Å². The highest BCUT2D eigenvalue weighted by Gasteiger charge is 2.57. The van der Waals surface area contributed by atoms with Crippen LogP contribution in [0.2, 0.25) is 0 Å². The lowest BCUT2D eigenvalue weighted by Crippen LogP contribution is -2.61. The zero-order chi connectivity index (χ0) is 11.5. The second kappa shape index (κ2) is 3.58. The van der Waals surface area contributed by atoms with Crippen molar-refractivity contribution in [1.82, 2.24) is 5.32 Å². The van der Waals surface area contributed by atoms with E-state index in [1.165, 1.54) is 32.1 Å². The van der Waals surface area contributed by atoms with Crippen LogP contribution in [0.3, 0.4) is 0 Å². The molecule has 17 heavy (non-hydrogen) atoms. The molecule has 0 atom stereocenters. The van der Waals surface area contributed by atoms with E-state index in [4.69, 9.17) is 0 Å². The summed E-state index contributed by atoms with van der Waals surface area (Å²) >= 11 is 1.96. The summed E-state index contributed by atoms with van der Waals surface area (Å²) in [6.07, 6.45) is 7.45. The van der Waals surface area contributed by atoms with Gasteiger partial charge >= 0.3 is 0 Å². The number of thiophene rings is 1. The van der Waals surface area contributed by atoms with Crippen LogP contribution in [0.15, 0.2) is 17.5 Å². The minimum atomic E-state index is 0.335. The standard InChI is InChI=1S/C15H21NS/c1-16-15(14-3-2-4-17-14)12-6-10-5-11(8-12)9-13(15)7-10/h2-4,10-13,16H,5-9H2,1H3. The van der Waals surface area contributed by atoms with Crippen molar-refractivity contribution < 1.29 is 0 Å². The van der Waals surface area contributed by atoms with Crippen molar-refractivity contribution in [2.45, 2.75) is 37.6 Å². The van der Waals surface area contributed by atoms with Gasteiger partial charge in [0.15, 0.2) is 0 Å². The number of hydrogen-bond donors (Lipinski definition) is 1. The Balaban J connectivity index is 1.81. The molecule has 0 spiro atoms. The Hall–Kier alpha value is -0.340. The summed E-state index contributed by atoms with van der Waals surface area (Å²) in [7, 11) is 2.20. The fourth-order valence-corrected chi connectivity index (χ4v) is 6.47. The van der Waals surface area contributed by atoms with Crippen LogP contribution in [0.4, 0.5) is 0 Å². The molecule has 4 fully saturated rings. The van der Waals surface area contributed by atoms with Crippen molar-refractivity contribution in [2.24, 2.45) is 23.7 Å². The van der Waals surface area contributed by atoms with E-state index in [9.17, 15) is 0 Å². The molecule has 4 saturated carbocycles. The quantitative estimate of drug-likeness (QED) is 0.841. The average molecular weight is 247 g/mol. The molecule has 1 aromatic rings. The SMILES string of the molecule is CNC1(c2cccs2)C2CC3CC(C2)CC1C3. The summed E-state index contributed by atoms with van der Waals surface area (Å²) in [5.74, 6) is 3.92. The first kappa shape index (κ1) is 10.6. The van der Waals surface area contributed by atoms with Crippen LogP contribution in [0.25, 0.3) is 0 Å². The summed E-state index contributed by atoms with van der Waals surface area (Å²) in [5.41, 5.74) is 0.335. The Morgan fingerprint density at radius 1 is 1.12 bits per heavy atom. The normalized spacial score (nSPS) is 47.6. The maximum atomic E-state index is 3.77. The van der Waals surface area contributed by atoms with E-state index in [2.05, 4.69) is 29.9 Å². The van der Waals surface area contributed by atoms with Crippen molar-refractivity contribution in [3.63, 3.8) is 0 Å². The van der Waals surface area contributed by atoms with Crippen LogP contribution in [0.1, 0.15) is 37.0 Å². The fourth-order valence-electron chi connectivity index (χ4n) is 5.38. The lowest BCUT2D eigenvalue weighted by atomic mass is 9.48. The third kappa shape index (κ3) is 1.29. The van der Waals surface area contributed by atoms with Crippen LogP contribution in [-0.2, 0) is 5.54 Å². The lowest BCUT2D eigenvalue weighted by molar-refractivity contribution is -0.0727. The fraction of sp³-hybridized carbons (Fsp3) is 0.733. The van der Waals surface area contributed by atoms with Gasteiger partial charge in [0, 0.05) is 4.88 Å². The molecule has 1 heterocycles. The van der Waals surface area contributed by atoms with E-state index >= 15 is 0 Å². The number of rotatable bonds is 2. The molecule has 0 aromatic carbocycles. The molecule has 4 aliphatic carbocycles. The molecule has 0 aliphatic heterocycles. The van der Waals surface area contributed by atoms with Crippen LogP contribution in [-0.4, -0.2) is 7.05 Å². The largest absolute Gasteiger partial charge is 0.309 e. The van der Waals surface area contributed by atoms with Gasteiger partial charge in [-0.2, -0.15) is 0 Å². The molecule has 1 N–H and O–H groups in total. The van der Waals surface area contributed by atoms with Gasteiger partial charge in [0.2, 0.25) is 0 Å². The second-order valence-electron chi connectivity index (χ2n) is 6.40. The van der Waals surface area contributed by atoms with E-state index in [0.29, 0.717) is 5.54 Å². The minimum absolute atomic E-state index is 0.335. The van der Waals surface area contributed by atoms with Gasteiger partial charge in [0.1, 0.15) is 0 Å². The molecule has 92 valence electrons. The smallest absolute Gasteiger partial charge is 0.0583 e. The molecular weight excluding hydrogens is 226 g/mol. The third-order valence-corrected chi connectivity index (χ3v) is 6.79. The Bertz CT molecular complexity index is 381. The number of nitrogens with one attached hydrogen (secondary N) is 1. The topological polar surface area (TPSA) is 12.0 Å². The molecule has 1 aromatic heterocycles. The molecule has 0 amide bonds. The predicted molar refractivity (Wildman–Crippen MR) is 72.1 cm³/mol.